The predicted octanol–water partition coefficient (Wildman–Crippen LogP) is 4.56. The molecule has 1 aliphatic carbocycles. The number of benzene rings is 1. The summed E-state index contributed by atoms with van der Waals surface area (Å²) in [5.74, 6) is -0.277. The number of halogens is 2. The molecule has 0 bridgehead atoms. The number of fused-ring (bicyclic) bond motifs is 1. The van der Waals surface area contributed by atoms with Crippen LogP contribution in [0.3, 0.4) is 0 Å². The molecule has 0 amide bonds. The predicted molar refractivity (Wildman–Crippen MR) is 81.1 cm³/mol. The van der Waals surface area contributed by atoms with Crippen LogP contribution in [0.15, 0.2) is 29.6 Å². The molecule has 1 nitrogen and oxygen atoms in total. The summed E-state index contributed by atoms with van der Waals surface area (Å²) >= 11 is 7.73. The fourth-order valence-corrected chi connectivity index (χ4v) is 4.20. The Labute approximate surface area is 127 Å². The molecule has 0 radical (unpaired) electrons. The van der Waals surface area contributed by atoms with Crippen molar-refractivity contribution in [3.8, 4) is 0 Å². The van der Waals surface area contributed by atoms with Gasteiger partial charge in [0.15, 0.2) is 0 Å². The zero-order chi connectivity index (χ0) is 14.1. The van der Waals surface area contributed by atoms with E-state index in [1.165, 1.54) is 16.5 Å². The van der Waals surface area contributed by atoms with Crippen molar-refractivity contribution < 1.29 is 9.50 Å². The summed E-state index contributed by atoms with van der Waals surface area (Å²) < 4.78 is 13.4. The first-order valence-electron chi connectivity index (χ1n) is 6.84. The summed E-state index contributed by atoms with van der Waals surface area (Å²) in [7, 11) is 0. The molecular weight excluding hydrogens is 295 g/mol. The van der Waals surface area contributed by atoms with E-state index >= 15 is 0 Å². The highest BCUT2D eigenvalue weighted by molar-refractivity contribution is 7.10. The molecule has 2 unspecified atom stereocenters. The zero-order valence-corrected chi connectivity index (χ0v) is 12.6. The van der Waals surface area contributed by atoms with E-state index in [2.05, 4.69) is 11.4 Å². The quantitative estimate of drug-likeness (QED) is 0.881. The van der Waals surface area contributed by atoms with Crippen LogP contribution in [-0.4, -0.2) is 11.2 Å². The van der Waals surface area contributed by atoms with E-state index in [0.29, 0.717) is 12.0 Å². The summed E-state index contributed by atoms with van der Waals surface area (Å²) in [6.45, 7) is 0. The summed E-state index contributed by atoms with van der Waals surface area (Å²) in [5.41, 5.74) is 1.95. The largest absolute Gasteiger partial charge is 0.392 e. The fraction of sp³-hybridized carbons (Fsp3) is 0.375. The van der Waals surface area contributed by atoms with Crippen LogP contribution in [0, 0.1) is 5.82 Å². The van der Waals surface area contributed by atoms with Crippen LogP contribution in [0.4, 0.5) is 4.39 Å². The lowest BCUT2D eigenvalue weighted by Crippen LogP contribution is -2.24. The number of aliphatic hydroxyl groups is 1. The first-order chi connectivity index (χ1) is 9.66. The lowest BCUT2D eigenvalue weighted by Gasteiger charge is -2.27. The molecule has 106 valence electrons. The molecule has 0 spiro atoms. The summed E-state index contributed by atoms with van der Waals surface area (Å²) in [4.78, 5) is 1.38. The minimum Gasteiger partial charge on any atom is -0.392 e. The number of hydrogen-bond donors (Lipinski definition) is 1. The number of aryl methyl sites for hydroxylation is 1. The Hall–Kier alpha value is -0.900. The van der Waals surface area contributed by atoms with Gasteiger partial charge in [0.2, 0.25) is 0 Å². The molecule has 4 heteroatoms. The van der Waals surface area contributed by atoms with Gasteiger partial charge in [-0.05, 0) is 47.9 Å². The molecule has 20 heavy (non-hydrogen) atoms. The monoisotopic (exact) mass is 310 g/mol. The van der Waals surface area contributed by atoms with Crippen LogP contribution in [0.1, 0.15) is 34.8 Å². The second-order valence-corrected chi connectivity index (χ2v) is 6.66. The standard InChI is InChI=1S/C16H16ClFOS/c17-16-10(3-1-5-13(16)18)9-14(19)11-4-2-6-15-12(11)7-8-20-15/h1,3,5,7-8,11,14,19H,2,4,6,9H2. The Balaban J connectivity index is 1.81. The van der Waals surface area contributed by atoms with Crippen LogP contribution in [-0.2, 0) is 12.8 Å². The van der Waals surface area contributed by atoms with Crippen molar-refractivity contribution in [1.82, 2.24) is 0 Å². The molecule has 1 N–H and O–H groups in total. The van der Waals surface area contributed by atoms with Crippen LogP contribution in [0.5, 0.6) is 0 Å². The van der Waals surface area contributed by atoms with Crippen molar-refractivity contribution in [3.05, 3.63) is 56.5 Å². The molecule has 2 atom stereocenters. The van der Waals surface area contributed by atoms with Gasteiger partial charge in [0.05, 0.1) is 11.1 Å². The van der Waals surface area contributed by atoms with Gasteiger partial charge in [-0.2, -0.15) is 0 Å². The average Bonchev–Trinajstić information content (AvgIpc) is 2.92. The van der Waals surface area contributed by atoms with E-state index in [1.807, 2.05) is 0 Å². The van der Waals surface area contributed by atoms with Crippen LogP contribution in [0.25, 0.3) is 0 Å². The van der Waals surface area contributed by atoms with E-state index in [4.69, 9.17) is 11.6 Å². The Morgan fingerprint density at radius 3 is 3.10 bits per heavy atom. The first-order valence-corrected chi connectivity index (χ1v) is 8.10. The first kappa shape index (κ1) is 14.1. The maximum atomic E-state index is 13.4. The third-order valence-corrected chi connectivity index (χ3v) is 5.44. The molecule has 0 saturated carbocycles. The fourth-order valence-electron chi connectivity index (χ4n) is 3.00. The highest BCUT2D eigenvalue weighted by Gasteiger charge is 2.28. The van der Waals surface area contributed by atoms with Crippen LogP contribution in [0.2, 0.25) is 5.02 Å². The molecule has 3 rings (SSSR count). The average molecular weight is 311 g/mol. The van der Waals surface area contributed by atoms with Gasteiger partial charge in [-0.15, -0.1) is 11.3 Å². The lowest BCUT2D eigenvalue weighted by molar-refractivity contribution is 0.135. The Morgan fingerprint density at radius 2 is 2.25 bits per heavy atom. The van der Waals surface area contributed by atoms with E-state index in [-0.39, 0.29) is 10.9 Å². The Morgan fingerprint density at radius 1 is 1.40 bits per heavy atom. The normalized spacial score (nSPS) is 19.6. The maximum absolute atomic E-state index is 13.4. The summed E-state index contributed by atoms with van der Waals surface area (Å²) in [6, 6.07) is 6.88. The van der Waals surface area contributed by atoms with E-state index in [0.717, 1.165) is 19.3 Å². The third-order valence-electron chi connectivity index (χ3n) is 4.02. The molecule has 1 aromatic heterocycles. The summed E-state index contributed by atoms with van der Waals surface area (Å²) in [5, 5.41) is 12.8. The molecule has 1 aromatic carbocycles. The topological polar surface area (TPSA) is 20.2 Å². The molecule has 1 heterocycles. The third kappa shape index (κ3) is 2.62. The van der Waals surface area contributed by atoms with E-state index in [1.54, 1.807) is 23.5 Å². The molecule has 1 aliphatic rings. The number of hydrogen-bond acceptors (Lipinski definition) is 2. The van der Waals surface area contributed by atoms with Gasteiger partial charge < -0.3 is 5.11 Å². The lowest BCUT2D eigenvalue weighted by atomic mass is 9.82. The zero-order valence-electron chi connectivity index (χ0n) is 11.0. The van der Waals surface area contributed by atoms with Crippen molar-refractivity contribution in [2.45, 2.75) is 37.7 Å². The minimum absolute atomic E-state index is 0.132. The molecule has 0 fully saturated rings. The highest BCUT2D eigenvalue weighted by atomic mass is 35.5. The van der Waals surface area contributed by atoms with E-state index < -0.39 is 11.9 Å². The maximum Gasteiger partial charge on any atom is 0.142 e. The van der Waals surface area contributed by atoms with Gasteiger partial charge >= 0.3 is 0 Å². The number of aliphatic hydroxyl groups excluding tert-OH is 1. The molecule has 0 aliphatic heterocycles. The Bertz CT molecular complexity index is 610. The number of thiophene rings is 1. The van der Waals surface area contributed by atoms with Crippen molar-refractivity contribution in [2.24, 2.45) is 0 Å². The van der Waals surface area contributed by atoms with Crippen LogP contribution >= 0.6 is 22.9 Å². The van der Waals surface area contributed by atoms with Crippen molar-refractivity contribution in [1.29, 1.82) is 0 Å². The second kappa shape index (κ2) is 5.84. The second-order valence-electron chi connectivity index (χ2n) is 5.28. The van der Waals surface area contributed by atoms with Crippen molar-refractivity contribution >= 4 is 22.9 Å². The van der Waals surface area contributed by atoms with Crippen molar-refractivity contribution in [2.75, 3.05) is 0 Å². The van der Waals surface area contributed by atoms with Crippen molar-refractivity contribution in [3.63, 3.8) is 0 Å². The molecule has 2 aromatic rings. The van der Waals surface area contributed by atoms with Gasteiger partial charge in [0.1, 0.15) is 5.82 Å². The van der Waals surface area contributed by atoms with Gasteiger partial charge in [-0.3, -0.25) is 0 Å². The van der Waals surface area contributed by atoms with Gasteiger partial charge in [-0.25, -0.2) is 4.39 Å². The Kier molecular flexibility index (Phi) is 4.11. The van der Waals surface area contributed by atoms with Gasteiger partial charge in [0, 0.05) is 17.2 Å². The number of rotatable bonds is 3. The van der Waals surface area contributed by atoms with Gasteiger partial charge in [0.25, 0.3) is 0 Å². The van der Waals surface area contributed by atoms with Crippen LogP contribution < -0.4 is 0 Å². The van der Waals surface area contributed by atoms with Gasteiger partial charge in [-0.1, -0.05) is 23.7 Å². The SMILES string of the molecule is OC(Cc1cccc(F)c1Cl)C1CCCc2sccc21. The molecule has 0 saturated heterocycles. The summed E-state index contributed by atoms with van der Waals surface area (Å²) in [6.07, 6.45) is 3.08. The highest BCUT2D eigenvalue weighted by Crippen LogP contribution is 2.38. The minimum atomic E-state index is -0.511. The van der Waals surface area contributed by atoms with E-state index in [9.17, 15) is 9.50 Å². The smallest absolute Gasteiger partial charge is 0.142 e. The molecular formula is C16H16ClFOS.